The van der Waals surface area contributed by atoms with Crippen LogP contribution in [-0.4, -0.2) is 64.2 Å². The third kappa shape index (κ3) is 6.89. The van der Waals surface area contributed by atoms with Crippen LogP contribution in [0, 0.1) is 38.9 Å². The number of hydrogen-bond acceptors (Lipinski definition) is 9. The molecule has 0 radical (unpaired) electrons. The van der Waals surface area contributed by atoms with Crippen molar-refractivity contribution in [2.75, 3.05) is 19.0 Å². The summed E-state index contributed by atoms with van der Waals surface area (Å²) in [5.41, 5.74) is -0.407. The fraction of sp³-hybridized carbons (Fsp3) is 0.364. The number of amides is 1. The maximum atomic E-state index is 15.8. The lowest BCUT2D eigenvalue weighted by Gasteiger charge is -2.36. The van der Waals surface area contributed by atoms with Crippen LogP contribution in [0.1, 0.15) is 63.4 Å². The van der Waals surface area contributed by atoms with Crippen LogP contribution in [0.15, 0.2) is 54.6 Å². The van der Waals surface area contributed by atoms with Crippen molar-refractivity contribution in [1.29, 1.82) is 0 Å². The second-order valence-corrected chi connectivity index (χ2v) is 12.9. The Balaban J connectivity index is 1.64. The van der Waals surface area contributed by atoms with Crippen molar-refractivity contribution < 1.29 is 33.4 Å². The number of halogens is 3. The average Bonchev–Trinajstić information content (AvgIpc) is 3.34. The molecule has 1 N–H and O–H groups in total. The highest BCUT2D eigenvalue weighted by Gasteiger charge is 2.60. The van der Waals surface area contributed by atoms with Gasteiger partial charge in [-0.2, -0.15) is 0 Å². The summed E-state index contributed by atoms with van der Waals surface area (Å²) in [6, 6.07) is 7.74. The molecular weight excluding hydrogens is 670 g/mol. The monoisotopic (exact) mass is 700 g/mol. The third-order valence-corrected chi connectivity index (χ3v) is 9.73. The highest BCUT2D eigenvalue weighted by molar-refractivity contribution is 6.31. The van der Waals surface area contributed by atoms with E-state index in [0.717, 1.165) is 38.5 Å². The van der Waals surface area contributed by atoms with Crippen molar-refractivity contribution in [3.8, 4) is 0 Å². The van der Waals surface area contributed by atoms with E-state index in [9.17, 15) is 34.6 Å². The summed E-state index contributed by atoms with van der Waals surface area (Å²) < 4.78 is 20.4. The molecule has 0 spiro atoms. The molecule has 48 heavy (non-hydrogen) atoms. The summed E-state index contributed by atoms with van der Waals surface area (Å²) in [6.07, 6.45) is 1.84. The van der Waals surface area contributed by atoms with Crippen LogP contribution in [0.5, 0.6) is 0 Å². The molecule has 252 valence electrons. The van der Waals surface area contributed by atoms with Crippen LogP contribution in [0.2, 0.25) is 10.0 Å². The third-order valence-electron chi connectivity index (χ3n) is 9.20. The summed E-state index contributed by atoms with van der Waals surface area (Å²) in [5, 5.41) is 27.8. The number of ketones is 1. The van der Waals surface area contributed by atoms with Gasteiger partial charge in [-0.3, -0.25) is 34.7 Å². The number of rotatable bonds is 11. The van der Waals surface area contributed by atoms with E-state index >= 15 is 4.39 Å². The maximum absolute atomic E-state index is 15.8. The van der Waals surface area contributed by atoms with Gasteiger partial charge in [-0.05, 0) is 61.6 Å². The van der Waals surface area contributed by atoms with E-state index < -0.39 is 69.5 Å². The zero-order chi connectivity index (χ0) is 34.9. The Bertz CT molecular complexity index is 1800. The number of carbonyl (C=O) groups is 3. The summed E-state index contributed by atoms with van der Waals surface area (Å²) in [4.78, 5) is 65.3. The van der Waals surface area contributed by atoms with Gasteiger partial charge in [0.15, 0.2) is 5.78 Å². The number of esters is 1. The van der Waals surface area contributed by atoms with Gasteiger partial charge in [-0.1, -0.05) is 47.8 Å². The number of nitro groups is 2. The smallest absolute Gasteiger partial charge is 0.338 e. The largest absolute Gasteiger partial charge is 0.465 e. The first-order valence-electron chi connectivity index (χ1n) is 15.1. The number of benzene rings is 3. The Labute approximate surface area is 284 Å². The molecule has 2 aliphatic rings. The van der Waals surface area contributed by atoms with Crippen molar-refractivity contribution in [2.24, 2.45) is 5.92 Å². The van der Waals surface area contributed by atoms with Crippen LogP contribution in [-0.2, 0) is 9.53 Å². The molecule has 0 aromatic heterocycles. The van der Waals surface area contributed by atoms with Gasteiger partial charge < -0.3 is 10.1 Å². The number of aryl methyl sites for hydroxylation is 1. The number of carbonyl (C=O) groups excluding carboxylic acids is 3. The minimum absolute atomic E-state index is 0.0369. The molecule has 3 aromatic rings. The quantitative estimate of drug-likeness (QED) is 0.100. The molecule has 4 atom stereocenters. The zero-order valence-electron chi connectivity index (χ0n) is 25.9. The Morgan fingerprint density at radius 3 is 2.42 bits per heavy atom. The van der Waals surface area contributed by atoms with E-state index in [4.69, 9.17) is 23.2 Å². The van der Waals surface area contributed by atoms with Gasteiger partial charge in [-0.25, -0.2) is 9.18 Å². The molecule has 1 aliphatic carbocycles. The fourth-order valence-corrected chi connectivity index (χ4v) is 6.97. The first-order valence-corrected chi connectivity index (χ1v) is 15.9. The molecule has 5 rings (SSSR count). The lowest BCUT2D eigenvalue weighted by Crippen LogP contribution is -2.49. The van der Waals surface area contributed by atoms with Crippen molar-refractivity contribution in [3.05, 3.63) is 113 Å². The molecule has 12 nitrogen and oxygen atoms in total. The lowest BCUT2D eigenvalue weighted by molar-refractivity contribution is -0.527. The molecule has 1 saturated heterocycles. The molecule has 1 aliphatic heterocycles. The van der Waals surface area contributed by atoms with Gasteiger partial charge >= 0.3 is 5.97 Å². The minimum Gasteiger partial charge on any atom is -0.465 e. The molecule has 2 fully saturated rings. The van der Waals surface area contributed by atoms with Crippen LogP contribution in [0.4, 0.5) is 15.8 Å². The van der Waals surface area contributed by atoms with Gasteiger partial charge in [-0.15, -0.1) is 0 Å². The van der Waals surface area contributed by atoms with Crippen LogP contribution in [0.25, 0.3) is 0 Å². The minimum atomic E-state index is -1.70. The number of nitrogens with zero attached hydrogens (tertiary/aromatic N) is 3. The van der Waals surface area contributed by atoms with Crippen molar-refractivity contribution in [3.63, 3.8) is 0 Å². The molecule has 0 unspecified atom stereocenters. The van der Waals surface area contributed by atoms with Gasteiger partial charge in [0.05, 0.1) is 40.1 Å². The Morgan fingerprint density at radius 2 is 1.79 bits per heavy atom. The molecule has 0 bridgehead atoms. The Morgan fingerprint density at radius 1 is 1.06 bits per heavy atom. The first-order chi connectivity index (χ1) is 22.8. The van der Waals surface area contributed by atoms with Gasteiger partial charge in [0.25, 0.3) is 5.69 Å². The molecule has 1 saturated carbocycles. The fourth-order valence-electron chi connectivity index (χ4n) is 6.61. The van der Waals surface area contributed by atoms with Crippen LogP contribution < -0.4 is 5.32 Å². The normalized spacial score (nSPS) is 20.9. The number of hydrogen-bond donors (Lipinski definition) is 1. The van der Waals surface area contributed by atoms with Gasteiger partial charge in [0.1, 0.15) is 11.9 Å². The van der Waals surface area contributed by atoms with E-state index in [1.54, 1.807) is 24.0 Å². The van der Waals surface area contributed by atoms with E-state index in [2.05, 4.69) is 10.1 Å². The standard InChI is InChI=1S/C33H31Cl2FN4O8/c1-17-9-11-20(34)14-24(17)37-32(42)31-28(22-7-4-8-23(35)29(22)36)30(40(46)47)26(38(31)16-18-5-3-6-18)15-27(41)21-12-10-19(33(43)48-2)13-25(21)39(44)45/h4,7-14,18,26,28,30-31H,3,5-6,15-16H2,1-2H3,(H,37,42)/t26-,28-,30+,31+/m0/s1. The average molecular weight is 702 g/mol. The van der Waals surface area contributed by atoms with Gasteiger partial charge in [0, 0.05) is 40.2 Å². The van der Waals surface area contributed by atoms with E-state index in [-0.39, 0.29) is 34.2 Å². The Kier molecular flexibility index (Phi) is 10.4. The number of ether oxygens (including phenoxy) is 1. The molecule has 1 heterocycles. The van der Waals surface area contributed by atoms with Crippen LogP contribution in [0.3, 0.4) is 0 Å². The summed E-state index contributed by atoms with van der Waals surface area (Å²) >= 11 is 12.3. The predicted octanol–water partition coefficient (Wildman–Crippen LogP) is 6.63. The SMILES string of the molecule is COC(=O)c1ccc(C(=O)C[C@H]2[C@@H]([N+](=O)[O-])[C@H](c3cccc(Cl)c3F)[C@H](C(=O)Nc3cc(Cl)ccc3C)N2CC2CCC2)c([N+](=O)[O-])c1. The summed E-state index contributed by atoms with van der Waals surface area (Å²) in [6.45, 7) is 1.91. The topological polar surface area (TPSA) is 162 Å². The second-order valence-electron chi connectivity index (χ2n) is 12.0. The molecular formula is C33H31Cl2FN4O8. The summed E-state index contributed by atoms with van der Waals surface area (Å²) in [5.74, 6) is -4.67. The highest BCUT2D eigenvalue weighted by atomic mass is 35.5. The van der Waals surface area contributed by atoms with E-state index in [0.29, 0.717) is 16.3 Å². The van der Waals surface area contributed by atoms with Crippen molar-refractivity contribution in [2.45, 2.75) is 56.7 Å². The zero-order valence-corrected chi connectivity index (χ0v) is 27.4. The number of likely N-dealkylation sites (tertiary alicyclic amines) is 1. The lowest BCUT2D eigenvalue weighted by atomic mass is 9.84. The number of methoxy groups -OCH3 is 1. The number of anilines is 1. The highest BCUT2D eigenvalue weighted by Crippen LogP contribution is 2.45. The van der Waals surface area contributed by atoms with Crippen molar-refractivity contribution >= 4 is 52.2 Å². The summed E-state index contributed by atoms with van der Waals surface area (Å²) in [7, 11) is 1.10. The predicted molar refractivity (Wildman–Crippen MR) is 175 cm³/mol. The molecule has 3 aromatic carbocycles. The maximum Gasteiger partial charge on any atom is 0.338 e. The first kappa shape index (κ1) is 34.9. The van der Waals surface area contributed by atoms with E-state index in [1.165, 1.54) is 30.3 Å². The molecule has 1 amide bonds. The molecule has 15 heteroatoms. The van der Waals surface area contributed by atoms with E-state index in [1.807, 2.05) is 0 Å². The number of nitrogens with one attached hydrogen (secondary N) is 1. The number of nitro benzene ring substituents is 1. The number of Topliss-reactive ketones (excluding diaryl/α,β-unsaturated/α-hetero) is 1. The van der Waals surface area contributed by atoms with Crippen LogP contribution >= 0.6 is 23.2 Å². The van der Waals surface area contributed by atoms with Crippen molar-refractivity contribution in [1.82, 2.24) is 4.90 Å². The Hall–Kier alpha value is -4.46. The van der Waals surface area contributed by atoms with Gasteiger partial charge in [0.2, 0.25) is 11.9 Å². The second kappa shape index (κ2) is 14.3.